The second kappa shape index (κ2) is 5.13. The van der Waals surface area contributed by atoms with Crippen LogP contribution in [0.5, 0.6) is 0 Å². The number of nitrogens with one attached hydrogen (secondary N) is 1. The minimum absolute atomic E-state index is 0.386. The highest BCUT2D eigenvalue weighted by molar-refractivity contribution is 5.27. The molecule has 1 saturated heterocycles. The van der Waals surface area contributed by atoms with Crippen molar-refractivity contribution in [3.05, 3.63) is 35.4 Å². The highest BCUT2D eigenvalue weighted by Gasteiger charge is 2.33. The highest BCUT2D eigenvalue weighted by Crippen LogP contribution is 2.34. The lowest BCUT2D eigenvalue weighted by atomic mass is 9.83. The van der Waals surface area contributed by atoms with Crippen LogP contribution in [0, 0.1) is 11.6 Å². The van der Waals surface area contributed by atoms with Crippen LogP contribution in [0.2, 0.25) is 0 Å². The van der Waals surface area contributed by atoms with E-state index in [1.165, 1.54) is 6.07 Å². The summed E-state index contributed by atoms with van der Waals surface area (Å²) in [4.78, 5) is 0. The summed E-state index contributed by atoms with van der Waals surface area (Å²) in [7, 11) is 0. The molecule has 94 valence electrons. The van der Waals surface area contributed by atoms with Crippen LogP contribution in [0.3, 0.4) is 0 Å². The molecule has 0 bridgehead atoms. The molecule has 1 nitrogen and oxygen atoms in total. The van der Waals surface area contributed by atoms with E-state index in [0.29, 0.717) is 5.56 Å². The van der Waals surface area contributed by atoms with Crippen molar-refractivity contribution in [3.8, 4) is 0 Å². The van der Waals surface area contributed by atoms with E-state index < -0.39 is 11.6 Å². The van der Waals surface area contributed by atoms with Gasteiger partial charge in [0.25, 0.3) is 0 Å². The van der Waals surface area contributed by atoms with Crippen molar-refractivity contribution in [2.24, 2.45) is 0 Å². The Morgan fingerprint density at radius 3 is 2.82 bits per heavy atom. The van der Waals surface area contributed by atoms with Crippen LogP contribution in [-0.2, 0) is 5.54 Å². The van der Waals surface area contributed by atoms with Gasteiger partial charge in [-0.15, -0.1) is 0 Å². The minimum Gasteiger partial charge on any atom is -0.307 e. The Morgan fingerprint density at radius 1 is 1.24 bits per heavy atom. The van der Waals surface area contributed by atoms with Gasteiger partial charge in [-0.1, -0.05) is 31.9 Å². The zero-order valence-electron chi connectivity index (χ0n) is 10.2. The second-order valence-electron chi connectivity index (χ2n) is 4.77. The molecule has 3 heteroatoms. The summed E-state index contributed by atoms with van der Waals surface area (Å²) >= 11 is 0. The van der Waals surface area contributed by atoms with Gasteiger partial charge in [-0.25, -0.2) is 8.78 Å². The van der Waals surface area contributed by atoms with E-state index in [2.05, 4.69) is 5.32 Å². The fraction of sp³-hybridized carbons (Fsp3) is 0.571. The average Bonchev–Trinajstić information content (AvgIpc) is 2.59. The minimum atomic E-state index is -0.749. The maximum atomic E-state index is 13.9. The molecular formula is C14H19F2N. The fourth-order valence-electron chi connectivity index (χ4n) is 2.74. The zero-order valence-corrected chi connectivity index (χ0v) is 10.2. The smallest absolute Gasteiger partial charge is 0.163 e. The Labute approximate surface area is 101 Å². The molecular weight excluding hydrogens is 220 g/mol. The van der Waals surface area contributed by atoms with Gasteiger partial charge in [-0.05, 0) is 31.9 Å². The summed E-state index contributed by atoms with van der Waals surface area (Å²) in [5, 5.41) is 3.42. The van der Waals surface area contributed by atoms with Gasteiger partial charge in [0.2, 0.25) is 0 Å². The third-order valence-electron chi connectivity index (χ3n) is 3.81. The van der Waals surface area contributed by atoms with Crippen LogP contribution in [0.15, 0.2) is 18.2 Å². The molecule has 1 aliphatic heterocycles. The standard InChI is InChI=1S/C14H19F2N/c1-2-14(9-4-3-5-10-17-14)11-7-6-8-12(15)13(11)16/h6-8,17H,2-5,9-10H2,1H3. The van der Waals surface area contributed by atoms with E-state index in [9.17, 15) is 8.78 Å². The molecule has 0 aromatic heterocycles. The summed E-state index contributed by atoms with van der Waals surface area (Å²) in [6, 6.07) is 4.48. The zero-order chi connectivity index (χ0) is 12.3. The first kappa shape index (κ1) is 12.5. The molecule has 17 heavy (non-hydrogen) atoms. The predicted octanol–water partition coefficient (Wildman–Crippen LogP) is 3.73. The molecule has 1 N–H and O–H groups in total. The molecule has 2 rings (SSSR count). The molecule has 0 spiro atoms. The predicted molar refractivity (Wildman–Crippen MR) is 64.8 cm³/mol. The van der Waals surface area contributed by atoms with Gasteiger partial charge in [0.05, 0.1) is 0 Å². The molecule has 1 aromatic rings. The van der Waals surface area contributed by atoms with Crippen molar-refractivity contribution in [3.63, 3.8) is 0 Å². The molecule has 1 aromatic carbocycles. The number of hydrogen-bond donors (Lipinski definition) is 1. The van der Waals surface area contributed by atoms with Gasteiger partial charge in [-0.2, -0.15) is 0 Å². The van der Waals surface area contributed by atoms with E-state index in [0.717, 1.165) is 38.6 Å². The monoisotopic (exact) mass is 239 g/mol. The number of rotatable bonds is 2. The van der Waals surface area contributed by atoms with Gasteiger partial charge in [0, 0.05) is 11.1 Å². The van der Waals surface area contributed by atoms with E-state index in [1.807, 2.05) is 6.92 Å². The summed E-state index contributed by atoms with van der Waals surface area (Å²) in [6.07, 6.45) is 5.00. The van der Waals surface area contributed by atoms with Crippen molar-refractivity contribution in [2.45, 2.75) is 44.6 Å². The van der Waals surface area contributed by atoms with Crippen molar-refractivity contribution < 1.29 is 8.78 Å². The molecule has 1 fully saturated rings. The summed E-state index contributed by atoms with van der Waals surface area (Å²) < 4.78 is 27.3. The lowest BCUT2D eigenvalue weighted by molar-refractivity contribution is 0.296. The quantitative estimate of drug-likeness (QED) is 0.829. The second-order valence-corrected chi connectivity index (χ2v) is 4.77. The summed E-state index contributed by atoms with van der Waals surface area (Å²) in [5.41, 5.74) is 0.102. The van der Waals surface area contributed by atoms with Gasteiger partial charge in [-0.3, -0.25) is 0 Å². The van der Waals surface area contributed by atoms with Crippen LogP contribution < -0.4 is 5.32 Å². The molecule has 0 radical (unpaired) electrons. The van der Waals surface area contributed by atoms with Crippen molar-refractivity contribution in [1.82, 2.24) is 5.32 Å². The first-order valence-electron chi connectivity index (χ1n) is 6.39. The lowest BCUT2D eigenvalue weighted by Gasteiger charge is -2.33. The number of halogens is 2. The molecule has 1 heterocycles. The van der Waals surface area contributed by atoms with E-state index in [4.69, 9.17) is 0 Å². The van der Waals surface area contributed by atoms with Crippen molar-refractivity contribution >= 4 is 0 Å². The third-order valence-corrected chi connectivity index (χ3v) is 3.81. The van der Waals surface area contributed by atoms with Gasteiger partial charge >= 0.3 is 0 Å². The first-order chi connectivity index (χ1) is 8.19. The topological polar surface area (TPSA) is 12.0 Å². The van der Waals surface area contributed by atoms with Crippen LogP contribution in [0.1, 0.15) is 44.6 Å². The normalized spacial score (nSPS) is 25.6. The van der Waals surface area contributed by atoms with E-state index in [1.54, 1.807) is 12.1 Å². The SMILES string of the molecule is CCC1(c2cccc(F)c2F)CCCCCN1. The van der Waals surface area contributed by atoms with Crippen LogP contribution in [0.4, 0.5) is 8.78 Å². The summed E-state index contributed by atoms with van der Waals surface area (Å²) in [6.45, 7) is 2.91. The average molecular weight is 239 g/mol. The van der Waals surface area contributed by atoms with Crippen molar-refractivity contribution in [2.75, 3.05) is 6.54 Å². The molecule has 1 atom stereocenters. The number of hydrogen-bond acceptors (Lipinski definition) is 1. The molecule has 0 aliphatic carbocycles. The maximum Gasteiger partial charge on any atom is 0.163 e. The van der Waals surface area contributed by atoms with Gasteiger partial charge in [0.15, 0.2) is 11.6 Å². The van der Waals surface area contributed by atoms with Gasteiger partial charge in [0.1, 0.15) is 0 Å². The number of benzene rings is 1. The third kappa shape index (κ3) is 2.34. The Morgan fingerprint density at radius 2 is 2.06 bits per heavy atom. The Hall–Kier alpha value is -0.960. The van der Waals surface area contributed by atoms with Crippen LogP contribution in [-0.4, -0.2) is 6.54 Å². The Bertz CT molecular complexity index is 382. The lowest BCUT2D eigenvalue weighted by Crippen LogP contribution is -2.42. The highest BCUT2D eigenvalue weighted by atomic mass is 19.2. The fourth-order valence-corrected chi connectivity index (χ4v) is 2.74. The maximum absolute atomic E-state index is 13.9. The first-order valence-corrected chi connectivity index (χ1v) is 6.39. The van der Waals surface area contributed by atoms with E-state index in [-0.39, 0.29) is 5.54 Å². The summed E-state index contributed by atoms with van der Waals surface area (Å²) in [5.74, 6) is -1.44. The molecule has 1 aliphatic rings. The van der Waals surface area contributed by atoms with E-state index >= 15 is 0 Å². The molecule has 0 amide bonds. The van der Waals surface area contributed by atoms with Crippen molar-refractivity contribution in [1.29, 1.82) is 0 Å². The molecule has 0 saturated carbocycles. The van der Waals surface area contributed by atoms with Gasteiger partial charge < -0.3 is 5.32 Å². The Kier molecular flexibility index (Phi) is 3.77. The molecule has 1 unspecified atom stereocenters. The van der Waals surface area contributed by atoms with Crippen LogP contribution in [0.25, 0.3) is 0 Å². The van der Waals surface area contributed by atoms with Crippen LogP contribution >= 0.6 is 0 Å². The Balaban J connectivity index is 2.42. The largest absolute Gasteiger partial charge is 0.307 e.